The number of hydrogen-bond donors (Lipinski definition) is 0. The van der Waals surface area contributed by atoms with Gasteiger partial charge in [0.1, 0.15) is 5.82 Å². The molecule has 2 rings (SSSR count). The highest BCUT2D eigenvalue weighted by Gasteiger charge is 2.01. The fourth-order valence-electron chi connectivity index (χ4n) is 1.85. The lowest BCUT2D eigenvalue weighted by Gasteiger charge is -2.04. The van der Waals surface area contributed by atoms with Crippen LogP contribution in [0.2, 0.25) is 0 Å². The minimum atomic E-state index is -0.160. The first-order valence-electron chi connectivity index (χ1n) is 5.63. The molecule has 0 aliphatic heterocycles. The van der Waals surface area contributed by atoms with Crippen LogP contribution in [-0.4, -0.2) is 16.1 Å². The minimum Gasteiger partial charge on any atom is -0.347 e. The molecule has 0 radical (unpaired) electrons. The van der Waals surface area contributed by atoms with E-state index in [4.69, 9.17) is 0 Å². The van der Waals surface area contributed by atoms with Crippen molar-refractivity contribution < 1.29 is 4.39 Å². The summed E-state index contributed by atoms with van der Waals surface area (Å²) in [6, 6.07) is 6.95. The molecule has 0 atom stereocenters. The molecular weight excluding hydrogens is 221 g/mol. The molecule has 0 saturated carbocycles. The first kappa shape index (κ1) is 11.5. The van der Waals surface area contributed by atoms with Gasteiger partial charge < -0.3 is 4.57 Å². The van der Waals surface area contributed by atoms with E-state index in [0.717, 1.165) is 17.4 Å². The maximum Gasteiger partial charge on any atom is 0.123 e. The number of aryl methyl sites for hydroxylation is 1. The predicted octanol–water partition coefficient (Wildman–Crippen LogP) is 3.92. The lowest BCUT2D eigenvalue weighted by Crippen LogP contribution is -1.97. The van der Waals surface area contributed by atoms with Gasteiger partial charge in [0.05, 0.1) is 0 Å². The highest BCUT2D eigenvalue weighted by Crippen LogP contribution is 2.17. The molecule has 1 heterocycles. The van der Waals surface area contributed by atoms with Crippen molar-refractivity contribution in [3.05, 3.63) is 36.3 Å². The topological polar surface area (TPSA) is 4.93 Å². The number of halogens is 1. The third-order valence-corrected chi connectivity index (χ3v) is 3.61. The van der Waals surface area contributed by atoms with Crippen molar-refractivity contribution in [2.45, 2.75) is 19.9 Å². The molecule has 0 aliphatic carbocycles. The highest BCUT2D eigenvalue weighted by atomic mass is 32.2. The Balaban J connectivity index is 2.07. The van der Waals surface area contributed by atoms with Crippen LogP contribution in [0, 0.1) is 5.82 Å². The van der Waals surface area contributed by atoms with Gasteiger partial charge >= 0.3 is 0 Å². The summed E-state index contributed by atoms with van der Waals surface area (Å²) in [6.07, 6.45) is 3.21. The number of aromatic nitrogens is 1. The summed E-state index contributed by atoms with van der Waals surface area (Å²) in [5, 5.41) is 0.989. The first-order chi connectivity index (χ1) is 7.81. The van der Waals surface area contributed by atoms with Gasteiger partial charge in [-0.05, 0) is 42.2 Å². The van der Waals surface area contributed by atoms with Crippen LogP contribution in [0.5, 0.6) is 0 Å². The van der Waals surface area contributed by atoms with E-state index < -0.39 is 0 Å². The van der Waals surface area contributed by atoms with E-state index in [2.05, 4.69) is 11.5 Å². The summed E-state index contributed by atoms with van der Waals surface area (Å²) in [7, 11) is 0. The van der Waals surface area contributed by atoms with Crippen molar-refractivity contribution in [3.63, 3.8) is 0 Å². The third kappa shape index (κ3) is 2.59. The average Bonchev–Trinajstić information content (AvgIpc) is 2.67. The predicted molar refractivity (Wildman–Crippen MR) is 69.5 cm³/mol. The van der Waals surface area contributed by atoms with Gasteiger partial charge in [0, 0.05) is 23.6 Å². The Morgan fingerprint density at radius 1 is 1.31 bits per heavy atom. The summed E-state index contributed by atoms with van der Waals surface area (Å²) in [6.45, 7) is 3.20. The Hall–Kier alpha value is -0.960. The summed E-state index contributed by atoms with van der Waals surface area (Å²) in [4.78, 5) is 0. The quantitative estimate of drug-likeness (QED) is 0.713. The summed E-state index contributed by atoms with van der Waals surface area (Å²) >= 11 is 1.96. The average molecular weight is 237 g/mol. The Bertz CT molecular complexity index is 464. The molecule has 0 N–H and O–H groups in total. The molecule has 0 spiro atoms. The Morgan fingerprint density at radius 2 is 2.19 bits per heavy atom. The Morgan fingerprint density at radius 3 is 3.00 bits per heavy atom. The van der Waals surface area contributed by atoms with Crippen molar-refractivity contribution >= 4 is 22.7 Å². The zero-order valence-electron chi connectivity index (χ0n) is 9.45. The molecule has 1 aromatic carbocycles. The van der Waals surface area contributed by atoms with Crippen LogP contribution in [0.1, 0.15) is 13.3 Å². The molecule has 0 bridgehead atoms. The maximum absolute atomic E-state index is 13.0. The molecule has 0 unspecified atom stereocenters. The lowest BCUT2D eigenvalue weighted by molar-refractivity contribution is 0.629. The van der Waals surface area contributed by atoms with Gasteiger partial charge in [-0.3, -0.25) is 0 Å². The molecule has 0 fully saturated rings. The van der Waals surface area contributed by atoms with Gasteiger partial charge in [-0.15, -0.1) is 0 Å². The monoisotopic (exact) mass is 237 g/mol. The van der Waals surface area contributed by atoms with E-state index in [0.29, 0.717) is 0 Å². The second kappa shape index (κ2) is 5.39. The lowest BCUT2D eigenvalue weighted by atomic mass is 10.2. The van der Waals surface area contributed by atoms with E-state index in [1.165, 1.54) is 24.0 Å². The number of fused-ring (bicyclic) bond motifs is 1. The van der Waals surface area contributed by atoms with E-state index in [1.54, 1.807) is 6.07 Å². The zero-order chi connectivity index (χ0) is 11.4. The molecule has 16 heavy (non-hydrogen) atoms. The van der Waals surface area contributed by atoms with Gasteiger partial charge in [-0.25, -0.2) is 4.39 Å². The largest absolute Gasteiger partial charge is 0.347 e. The second-order valence-electron chi connectivity index (χ2n) is 3.76. The highest BCUT2D eigenvalue weighted by molar-refractivity contribution is 7.99. The summed E-state index contributed by atoms with van der Waals surface area (Å²) in [5.74, 6) is 2.21. The molecule has 0 amide bonds. The minimum absolute atomic E-state index is 0.160. The number of hydrogen-bond acceptors (Lipinski definition) is 1. The standard InChI is InChI=1S/C13H16FNS/c1-2-16-9-3-7-15-8-6-11-10-12(14)4-5-13(11)15/h4-6,8,10H,2-3,7,9H2,1H3. The van der Waals surface area contributed by atoms with Crippen molar-refractivity contribution in [2.24, 2.45) is 0 Å². The number of thioether (sulfide) groups is 1. The van der Waals surface area contributed by atoms with Gasteiger partial charge in [0.2, 0.25) is 0 Å². The summed E-state index contributed by atoms with van der Waals surface area (Å²) < 4.78 is 15.2. The van der Waals surface area contributed by atoms with E-state index in [1.807, 2.05) is 30.1 Å². The van der Waals surface area contributed by atoms with Gasteiger partial charge in [0.15, 0.2) is 0 Å². The third-order valence-electron chi connectivity index (χ3n) is 2.62. The van der Waals surface area contributed by atoms with Crippen molar-refractivity contribution in [2.75, 3.05) is 11.5 Å². The number of benzene rings is 1. The van der Waals surface area contributed by atoms with E-state index in [-0.39, 0.29) is 5.82 Å². The second-order valence-corrected chi connectivity index (χ2v) is 5.16. The maximum atomic E-state index is 13.0. The molecule has 3 heteroatoms. The van der Waals surface area contributed by atoms with Crippen LogP contribution in [0.25, 0.3) is 10.9 Å². The van der Waals surface area contributed by atoms with E-state index in [9.17, 15) is 4.39 Å². The van der Waals surface area contributed by atoms with Crippen LogP contribution >= 0.6 is 11.8 Å². The van der Waals surface area contributed by atoms with Gasteiger partial charge in [-0.2, -0.15) is 11.8 Å². The zero-order valence-corrected chi connectivity index (χ0v) is 10.3. The van der Waals surface area contributed by atoms with Crippen molar-refractivity contribution in [1.29, 1.82) is 0 Å². The van der Waals surface area contributed by atoms with Gasteiger partial charge in [0.25, 0.3) is 0 Å². The van der Waals surface area contributed by atoms with Crippen LogP contribution < -0.4 is 0 Å². The van der Waals surface area contributed by atoms with Gasteiger partial charge in [-0.1, -0.05) is 6.92 Å². The Labute approximate surface area is 99.6 Å². The molecular formula is C13H16FNS. The molecule has 1 aromatic heterocycles. The molecule has 2 aromatic rings. The smallest absolute Gasteiger partial charge is 0.123 e. The first-order valence-corrected chi connectivity index (χ1v) is 6.79. The van der Waals surface area contributed by atoms with Crippen LogP contribution in [0.3, 0.4) is 0 Å². The van der Waals surface area contributed by atoms with Crippen molar-refractivity contribution in [1.82, 2.24) is 4.57 Å². The SMILES string of the molecule is CCSCCCn1ccc2cc(F)ccc21. The summed E-state index contributed by atoms with van der Waals surface area (Å²) in [5.41, 5.74) is 1.13. The fourth-order valence-corrected chi connectivity index (χ4v) is 2.47. The van der Waals surface area contributed by atoms with Crippen LogP contribution in [-0.2, 0) is 6.54 Å². The molecule has 0 aliphatic rings. The molecule has 1 nitrogen and oxygen atoms in total. The van der Waals surface area contributed by atoms with E-state index >= 15 is 0 Å². The fraction of sp³-hybridized carbons (Fsp3) is 0.385. The number of nitrogens with zero attached hydrogens (tertiary/aromatic N) is 1. The van der Waals surface area contributed by atoms with Crippen molar-refractivity contribution in [3.8, 4) is 0 Å². The Kier molecular flexibility index (Phi) is 3.88. The molecule has 0 saturated heterocycles. The number of rotatable bonds is 5. The van der Waals surface area contributed by atoms with Crippen LogP contribution in [0.15, 0.2) is 30.5 Å². The normalized spacial score (nSPS) is 11.1. The molecule has 86 valence electrons. The van der Waals surface area contributed by atoms with Crippen LogP contribution in [0.4, 0.5) is 4.39 Å².